The Kier molecular flexibility index (Phi) is 7.99. The van der Waals surface area contributed by atoms with Crippen LogP contribution in [0.15, 0.2) is 65.6 Å². The standard InChI is InChI=1S/C29H26ClF4N3O4S/c1-18(28-23(30)6-3-7-24(28)31)12-19-8-9-25-26(13-19)37(16-21-15-35(17-27(38)39)10-11-36(21)25)42(40,41)22-5-2-4-20(14-22)29(32,33)34/h2-9,12-14,21H,10-11,15-17H2,1H3,(H,38,39)/b18-12+/t21-/m0/s1. The molecule has 2 heterocycles. The van der Waals surface area contributed by atoms with Gasteiger partial charge in [0, 0.05) is 25.2 Å². The zero-order valence-electron chi connectivity index (χ0n) is 22.3. The molecule has 1 N–H and O–H groups in total. The van der Waals surface area contributed by atoms with Crippen molar-refractivity contribution in [1.29, 1.82) is 0 Å². The predicted molar refractivity (Wildman–Crippen MR) is 153 cm³/mol. The van der Waals surface area contributed by atoms with Crippen molar-refractivity contribution in [2.45, 2.75) is 24.0 Å². The summed E-state index contributed by atoms with van der Waals surface area (Å²) in [5, 5.41) is 9.48. The predicted octanol–water partition coefficient (Wildman–Crippen LogP) is 5.84. The van der Waals surface area contributed by atoms with Gasteiger partial charge in [0.2, 0.25) is 0 Å². The van der Waals surface area contributed by atoms with Crippen molar-refractivity contribution in [2.24, 2.45) is 0 Å². The maximum atomic E-state index is 14.6. The van der Waals surface area contributed by atoms with E-state index in [9.17, 15) is 35.9 Å². The van der Waals surface area contributed by atoms with Gasteiger partial charge < -0.3 is 10.0 Å². The van der Waals surface area contributed by atoms with Gasteiger partial charge in [-0.3, -0.25) is 14.0 Å². The number of hydrogen-bond acceptors (Lipinski definition) is 5. The number of carboxylic acids is 1. The number of carbonyl (C=O) groups is 1. The van der Waals surface area contributed by atoms with Crippen molar-refractivity contribution in [3.63, 3.8) is 0 Å². The highest BCUT2D eigenvalue weighted by Crippen LogP contribution is 2.42. The molecule has 0 saturated carbocycles. The summed E-state index contributed by atoms with van der Waals surface area (Å²) >= 11 is 6.23. The second-order valence-electron chi connectivity index (χ2n) is 10.2. The van der Waals surface area contributed by atoms with Gasteiger partial charge in [-0.05, 0) is 60.5 Å². The first-order chi connectivity index (χ1) is 19.8. The summed E-state index contributed by atoms with van der Waals surface area (Å²) in [4.78, 5) is 14.5. The number of carboxylic acid groups (broad SMARTS) is 1. The number of piperazine rings is 1. The molecule has 0 bridgehead atoms. The highest BCUT2D eigenvalue weighted by atomic mass is 35.5. The molecule has 13 heteroatoms. The number of alkyl halides is 3. The van der Waals surface area contributed by atoms with Gasteiger partial charge in [-0.15, -0.1) is 0 Å². The van der Waals surface area contributed by atoms with Gasteiger partial charge in [0.25, 0.3) is 10.0 Å². The molecular weight excluding hydrogens is 598 g/mol. The molecule has 42 heavy (non-hydrogen) atoms. The molecule has 1 atom stereocenters. The van der Waals surface area contributed by atoms with E-state index >= 15 is 0 Å². The van der Waals surface area contributed by atoms with Crippen molar-refractivity contribution in [3.8, 4) is 0 Å². The van der Waals surface area contributed by atoms with Gasteiger partial charge in [0.05, 0.1) is 46.0 Å². The van der Waals surface area contributed by atoms with Gasteiger partial charge in [-0.2, -0.15) is 13.2 Å². The number of allylic oxidation sites excluding steroid dienone is 1. The largest absolute Gasteiger partial charge is 0.480 e. The van der Waals surface area contributed by atoms with Gasteiger partial charge >= 0.3 is 12.1 Å². The smallest absolute Gasteiger partial charge is 0.416 e. The number of rotatable bonds is 6. The van der Waals surface area contributed by atoms with Crippen molar-refractivity contribution in [1.82, 2.24) is 4.90 Å². The minimum atomic E-state index is -4.74. The quantitative estimate of drug-likeness (QED) is 0.274. The second kappa shape index (κ2) is 11.2. The molecule has 222 valence electrons. The summed E-state index contributed by atoms with van der Waals surface area (Å²) in [5.41, 5.74) is 0.896. The van der Waals surface area contributed by atoms with E-state index in [1.807, 2.05) is 4.90 Å². The molecule has 0 radical (unpaired) electrons. The Morgan fingerprint density at radius 3 is 2.48 bits per heavy atom. The van der Waals surface area contributed by atoms with E-state index in [1.54, 1.807) is 42.2 Å². The molecule has 5 rings (SSSR count). The molecule has 0 amide bonds. The molecule has 2 aliphatic rings. The SMILES string of the molecule is C/C(=C\c1ccc2c(c1)N(S(=O)(=O)c1cccc(C(F)(F)F)c1)C[C@@H]1CN(CC(=O)O)CCN21)c1c(F)cccc1Cl. The zero-order valence-corrected chi connectivity index (χ0v) is 23.8. The third-order valence-corrected chi connectivity index (χ3v) is 9.46. The van der Waals surface area contributed by atoms with Crippen molar-refractivity contribution >= 4 is 50.6 Å². The number of halogens is 5. The summed E-state index contributed by atoms with van der Waals surface area (Å²) < 4.78 is 83.9. The first-order valence-corrected chi connectivity index (χ1v) is 14.7. The molecule has 0 aromatic heterocycles. The Morgan fingerprint density at radius 2 is 1.79 bits per heavy atom. The van der Waals surface area contributed by atoms with Crippen LogP contribution >= 0.6 is 11.6 Å². The summed E-state index contributed by atoms with van der Waals surface area (Å²) in [6, 6.07) is 12.5. The van der Waals surface area contributed by atoms with Crippen LogP contribution < -0.4 is 9.21 Å². The molecule has 3 aromatic carbocycles. The molecule has 1 fully saturated rings. The highest BCUT2D eigenvalue weighted by Gasteiger charge is 2.41. The summed E-state index contributed by atoms with van der Waals surface area (Å²) in [5.74, 6) is -1.54. The lowest BCUT2D eigenvalue weighted by Crippen LogP contribution is -2.61. The molecular formula is C29H26ClF4N3O4S. The lowest BCUT2D eigenvalue weighted by atomic mass is 10.0. The van der Waals surface area contributed by atoms with E-state index in [4.69, 9.17) is 11.6 Å². The molecule has 2 aliphatic heterocycles. The van der Waals surface area contributed by atoms with Crippen LogP contribution in [0.2, 0.25) is 5.02 Å². The number of hydrogen-bond donors (Lipinski definition) is 1. The molecule has 0 unspecified atom stereocenters. The number of nitrogens with zero attached hydrogens (tertiary/aromatic N) is 3. The average molecular weight is 624 g/mol. The van der Waals surface area contributed by atoms with Gasteiger partial charge in [0.1, 0.15) is 5.82 Å². The van der Waals surface area contributed by atoms with E-state index in [1.165, 1.54) is 12.1 Å². The number of aliphatic carboxylic acids is 1. The minimum Gasteiger partial charge on any atom is -0.480 e. The van der Waals surface area contributed by atoms with Gasteiger partial charge in [-0.25, -0.2) is 12.8 Å². The number of sulfonamides is 1. The maximum absolute atomic E-state index is 14.6. The summed E-state index contributed by atoms with van der Waals surface area (Å²) in [6.07, 6.45) is -3.09. The molecule has 3 aromatic rings. The monoisotopic (exact) mass is 623 g/mol. The van der Waals surface area contributed by atoms with Gasteiger partial charge in [-0.1, -0.05) is 35.9 Å². The lowest BCUT2D eigenvalue weighted by molar-refractivity contribution is -0.139. The van der Waals surface area contributed by atoms with E-state index < -0.39 is 44.5 Å². The normalized spacial score (nSPS) is 18.0. The Hall–Kier alpha value is -3.61. The van der Waals surface area contributed by atoms with Crippen LogP contribution in [0.5, 0.6) is 0 Å². The third kappa shape index (κ3) is 5.83. The van der Waals surface area contributed by atoms with Gasteiger partial charge in [0.15, 0.2) is 0 Å². The fourth-order valence-corrected chi connectivity index (χ4v) is 7.34. The molecule has 0 spiro atoms. The van der Waals surface area contributed by atoms with Crippen LogP contribution in [0.4, 0.5) is 28.9 Å². The number of fused-ring (bicyclic) bond motifs is 3. The average Bonchev–Trinajstić information content (AvgIpc) is 2.91. The highest BCUT2D eigenvalue weighted by molar-refractivity contribution is 7.92. The van der Waals surface area contributed by atoms with Crippen LogP contribution in [-0.2, 0) is 21.0 Å². The van der Waals surface area contributed by atoms with Crippen LogP contribution in [0.3, 0.4) is 0 Å². The first kappa shape index (κ1) is 29.9. The van der Waals surface area contributed by atoms with Crippen LogP contribution in [0.1, 0.15) is 23.6 Å². The van der Waals surface area contributed by atoms with Crippen LogP contribution in [0, 0.1) is 5.82 Å². The van der Waals surface area contributed by atoms with E-state index in [0.29, 0.717) is 36.0 Å². The fraction of sp³-hybridized carbons (Fsp3) is 0.276. The Labute approximate surface area is 245 Å². The molecule has 1 saturated heterocycles. The first-order valence-electron chi connectivity index (χ1n) is 12.9. The Balaban J connectivity index is 1.61. The minimum absolute atomic E-state index is 0.118. The third-order valence-electron chi connectivity index (χ3n) is 7.37. The summed E-state index contributed by atoms with van der Waals surface area (Å²) in [6.45, 7) is 2.41. The van der Waals surface area contributed by atoms with E-state index in [-0.39, 0.29) is 35.9 Å². The summed E-state index contributed by atoms with van der Waals surface area (Å²) in [7, 11) is -4.49. The molecule has 7 nitrogen and oxygen atoms in total. The van der Waals surface area contributed by atoms with E-state index in [2.05, 4.69) is 0 Å². The van der Waals surface area contributed by atoms with Crippen molar-refractivity contribution < 1.29 is 35.9 Å². The fourth-order valence-electron chi connectivity index (χ4n) is 5.48. The topological polar surface area (TPSA) is 81.2 Å². The second-order valence-corrected chi connectivity index (χ2v) is 12.5. The van der Waals surface area contributed by atoms with E-state index in [0.717, 1.165) is 22.5 Å². The lowest BCUT2D eigenvalue weighted by Gasteiger charge is -2.49. The van der Waals surface area contributed by atoms with Crippen LogP contribution in [0.25, 0.3) is 11.6 Å². The van der Waals surface area contributed by atoms with Crippen LogP contribution in [-0.4, -0.2) is 63.2 Å². The van der Waals surface area contributed by atoms with Crippen molar-refractivity contribution in [3.05, 3.63) is 88.2 Å². The number of benzene rings is 3. The zero-order chi connectivity index (χ0) is 30.4. The van der Waals surface area contributed by atoms with Crippen molar-refractivity contribution in [2.75, 3.05) is 41.9 Å². The Morgan fingerprint density at radius 1 is 1.05 bits per heavy atom. The number of anilines is 2. The Bertz CT molecular complexity index is 1660. The maximum Gasteiger partial charge on any atom is 0.416 e. The molecule has 0 aliphatic carbocycles.